The minimum absolute atomic E-state index is 0.479. The third kappa shape index (κ3) is 1.85. The highest BCUT2D eigenvalue weighted by atomic mass is 16.3. The number of anilines is 1. The molecule has 0 amide bonds. The van der Waals surface area contributed by atoms with Gasteiger partial charge in [0, 0.05) is 18.2 Å². The fraction of sp³-hybridized carbons (Fsp3) is 0.368. The Hall–Kier alpha value is -2.40. The van der Waals surface area contributed by atoms with E-state index in [0.717, 1.165) is 29.1 Å². The van der Waals surface area contributed by atoms with Gasteiger partial charge < -0.3 is 10.2 Å². The van der Waals surface area contributed by atoms with E-state index in [4.69, 9.17) is 10.2 Å². The van der Waals surface area contributed by atoms with Gasteiger partial charge in [0.2, 0.25) is 5.71 Å². The van der Waals surface area contributed by atoms with Crippen molar-refractivity contribution in [2.24, 2.45) is 0 Å². The second-order valence-corrected chi connectivity index (χ2v) is 7.00. The number of hydrogen-bond acceptors (Lipinski definition) is 5. The molecule has 0 saturated carbocycles. The van der Waals surface area contributed by atoms with E-state index in [-0.39, 0.29) is 0 Å². The van der Waals surface area contributed by atoms with Crippen molar-refractivity contribution in [2.75, 3.05) is 12.3 Å². The van der Waals surface area contributed by atoms with Gasteiger partial charge in [0.15, 0.2) is 0 Å². The van der Waals surface area contributed by atoms with Crippen molar-refractivity contribution in [3.8, 4) is 0 Å². The Balaban J connectivity index is 1.48. The molecule has 2 aromatic heterocycles. The highest BCUT2D eigenvalue weighted by molar-refractivity contribution is 5.88. The Kier molecular flexibility index (Phi) is 2.80. The van der Waals surface area contributed by atoms with Crippen molar-refractivity contribution in [1.29, 1.82) is 0 Å². The monoisotopic (exact) mass is 320 g/mol. The lowest BCUT2D eigenvalue weighted by molar-refractivity contribution is 0.234. The van der Waals surface area contributed by atoms with Gasteiger partial charge >= 0.3 is 0 Å². The maximum absolute atomic E-state index is 6.17. The summed E-state index contributed by atoms with van der Waals surface area (Å²) in [6, 6.07) is 9.28. The molecule has 0 radical (unpaired) electrons. The molecule has 1 saturated heterocycles. The molecule has 1 aliphatic carbocycles. The predicted molar refractivity (Wildman–Crippen MR) is 92.6 cm³/mol. The summed E-state index contributed by atoms with van der Waals surface area (Å²) >= 11 is 0. The first-order valence-electron chi connectivity index (χ1n) is 8.47. The second kappa shape index (κ2) is 4.80. The summed E-state index contributed by atoms with van der Waals surface area (Å²) in [7, 11) is 0. The van der Waals surface area contributed by atoms with Gasteiger partial charge in [-0.25, -0.2) is 4.98 Å². The van der Waals surface area contributed by atoms with E-state index < -0.39 is 0 Å². The number of aryl methyl sites for hydroxylation is 2. The van der Waals surface area contributed by atoms with Gasteiger partial charge in [-0.3, -0.25) is 4.90 Å². The van der Waals surface area contributed by atoms with Crippen molar-refractivity contribution in [1.82, 2.24) is 14.9 Å². The number of fused-ring (bicyclic) bond motifs is 6. The zero-order valence-electron chi connectivity index (χ0n) is 13.9. The molecule has 2 unspecified atom stereocenters. The number of aromatic nitrogens is 2. The minimum atomic E-state index is 0.479. The largest absolute Gasteiger partial charge is 0.443 e. The van der Waals surface area contributed by atoms with Crippen molar-refractivity contribution in [3.63, 3.8) is 0 Å². The molecule has 1 aromatic carbocycles. The Bertz CT molecular complexity index is 961. The van der Waals surface area contributed by atoms with Crippen LogP contribution in [-0.4, -0.2) is 21.4 Å². The lowest BCUT2D eigenvalue weighted by Crippen LogP contribution is -2.28. The van der Waals surface area contributed by atoms with E-state index >= 15 is 0 Å². The molecule has 5 heteroatoms. The standard InChI is InChI=1S/C19H20N4O/c1-10-11(2)24-19-17(10)18(20)21-16(22-19)9-23-8-12-7-15(23)14-6-4-3-5-13(12)14/h3-6,12,15H,7-9H2,1-2H3,(H2,20,21,22). The average molecular weight is 320 g/mol. The molecule has 1 fully saturated rings. The van der Waals surface area contributed by atoms with Crippen LogP contribution in [0.15, 0.2) is 28.7 Å². The molecule has 5 rings (SSSR count). The van der Waals surface area contributed by atoms with Crippen LogP contribution >= 0.6 is 0 Å². The smallest absolute Gasteiger partial charge is 0.231 e. The first-order valence-corrected chi connectivity index (χ1v) is 8.47. The summed E-state index contributed by atoms with van der Waals surface area (Å²) in [6.07, 6.45) is 1.20. The maximum Gasteiger partial charge on any atom is 0.231 e. The van der Waals surface area contributed by atoms with Crippen LogP contribution < -0.4 is 5.73 Å². The van der Waals surface area contributed by atoms with Crippen LogP contribution in [0.1, 0.15) is 46.7 Å². The van der Waals surface area contributed by atoms with Crippen LogP contribution in [0.2, 0.25) is 0 Å². The second-order valence-electron chi connectivity index (χ2n) is 7.00. The molecule has 1 aliphatic heterocycles. The number of likely N-dealkylation sites (tertiary alicyclic amines) is 1. The van der Waals surface area contributed by atoms with Gasteiger partial charge in [0.25, 0.3) is 0 Å². The lowest BCUT2D eigenvalue weighted by Gasteiger charge is -2.28. The van der Waals surface area contributed by atoms with E-state index in [0.29, 0.717) is 30.0 Å². The summed E-state index contributed by atoms with van der Waals surface area (Å²) in [5.41, 5.74) is 10.8. The van der Waals surface area contributed by atoms with E-state index in [2.05, 4.69) is 39.1 Å². The average Bonchev–Trinajstić information content (AvgIpc) is 3.21. The summed E-state index contributed by atoms with van der Waals surface area (Å²) in [4.78, 5) is 11.6. The highest BCUT2D eigenvalue weighted by Gasteiger charge is 2.42. The van der Waals surface area contributed by atoms with Gasteiger partial charge in [-0.1, -0.05) is 24.3 Å². The zero-order valence-corrected chi connectivity index (χ0v) is 13.9. The van der Waals surface area contributed by atoms with Crippen LogP contribution in [0, 0.1) is 13.8 Å². The quantitative estimate of drug-likeness (QED) is 0.783. The number of furan rings is 1. The minimum Gasteiger partial charge on any atom is -0.443 e. The van der Waals surface area contributed by atoms with Crippen LogP contribution in [0.25, 0.3) is 11.1 Å². The SMILES string of the molecule is Cc1oc2nc(CN3CC4CC3c3ccccc34)nc(N)c2c1C. The number of hydrogen-bond donors (Lipinski definition) is 1. The van der Waals surface area contributed by atoms with Gasteiger partial charge in [-0.15, -0.1) is 0 Å². The van der Waals surface area contributed by atoms with Gasteiger partial charge in [-0.2, -0.15) is 4.98 Å². The fourth-order valence-corrected chi connectivity index (χ4v) is 4.39. The molecule has 3 aromatic rings. The molecule has 0 spiro atoms. The lowest BCUT2D eigenvalue weighted by atomic mass is 9.99. The third-order valence-corrected chi connectivity index (χ3v) is 5.65. The molecular weight excluding hydrogens is 300 g/mol. The summed E-state index contributed by atoms with van der Waals surface area (Å²) < 4.78 is 5.75. The number of nitrogens with zero attached hydrogens (tertiary/aromatic N) is 3. The zero-order chi connectivity index (χ0) is 16.4. The van der Waals surface area contributed by atoms with E-state index in [1.165, 1.54) is 17.5 Å². The number of nitrogens with two attached hydrogens (primary N) is 1. The molecule has 3 heterocycles. The van der Waals surface area contributed by atoms with Crippen molar-refractivity contribution in [2.45, 2.75) is 38.8 Å². The first kappa shape index (κ1) is 14.0. The fourth-order valence-electron chi connectivity index (χ4n) is 4.39. The molecular formula is C19H20N4O. The molecule has 2 bridgehead atoms. The Labute approximate surface area is 140 Å². The number of nitrogen functional groups attached to an aromatic ring is 1. The molecule has 122 valence electrons. The molecule has 2 atom stereocenters. The van der Waals surface area contributed by atoms with E-state index in [1.807, 2.05) is 13.8 Å². The Morgan fingerprint density at radius 2 is 2.00 bits per heavy atom. The van der Waals surface area contributed by atoms with Gasteiger partial charge in [-0.05, 0) is 37.3 Å². The van der Waals surface area contributed by atoms with Crippen LogP contribution in [0.3, 0.4) is 0 Å². The van der Waals surface area contributed by atoms with E-state index in [1.54, 1.807) is 0 Å². The maximum atomic E-state index is 6.17. The third-order valence-electron chi connectivity index (χ3n) is 5.65. The van der Waals surface area contributed by atoms with E-state index in [9.17, 15) is 0 Å². The summed E-state index contributed by atoms with van der Waals surface area (Å²) in [6.45, 7) is 5.72. The highest BCUT2D eigenvalue weighted by Crippen LogP contribution is 2.50. The number of benzene rings is 1. The topological polar surface area (TPSA) is 68.2 Å². The van der Waals surface area contributed by atoms with Gasteiger partial charge in [0.1, 0.15) is 17.4 Å². The molecule has 24 heavy (non-hydrogen) atoms. The molecule has 2 N–H and O–H groups in total. The first-order chi connectivity index (χ1) is 11.6. The van der Waals surface area contributed by atoms with Crippen molar-refractivity contribution < 1.29 is 4.42 Å². The summed E-state index contributed by atoms with van der Waals surface area (Å²) in [5, 5.41) is 0.851. The Morgan fingerprint density at radius 3 is 2.83 bits per heavy atom. The van der Waals surface area contributed by atoms with Crippen LogP contribution in [0.5, 0.6) is 0 Å². The van der Waals surface area contributed by atoms with Gasteiger partial charge in [0.05, 0.1) is 11.9 Å². The molecule has 2 aliphatic rings. The Morgan fingerprint density at radius 1 is 1.21 bits per heavy atom. The van der Waals surface area contributed by atoms with Crippen LogP contribution in [-0.2, 0) is 6.54 Å². The predicted octanol–water partition coefficient (Wildman–Crippen LogP) is 3.47. The van der Waals surface area contributed by atoms with Crippen LogP contribution in [0.4, 0.5) is 5.82 Å². The number of rotatable bonds is 2. The molecule has 5 nitrogen and oxygen atoms in total. The normalized spacial score (nSPS) is 22.4. The summed E-state index contributed by atoms with van der Waals surface area (Å²) in [5.74, 6) is 2.77. The van der Waals surface area contributed by atoms with Crippen molar-refractivity contribution >= 4 is 16.9 Å². The van der Waals surface area contributed by atoms with Crippen molar-refractivity contribution in [3.05, 3.63) is 52.5 Å².